The van der Waals surface area contributed by atoms with Gasteiger partial charge in [0.1, 0.15) is 30.0 Å². The summed E-state index contributed by atoms with van der Waals surface area (Å²) in [5, 5.41) is 3.01. The second-order valence-corrected chi connectivity index (χ2v) is 6.53. The molecule has 0 bridgehead atoms. The summed E-state index contributed by atoms with van der Waals surface area (Å²) in [5.74, 6) is -0.968. The van der Waals surface area contributed by atoms with E-state index in [1.54, 1.807) is 13.8 Å². The first-order chi connectivity index (χ1) is 14.3. The van der Waals surface area contributed by atoms with Crippen molar-refractivity contribution in [2.45, 2.75) is 39.0 Å². The lowest BCUT2D eigenvalue weighted by Gasteiger charge is -2.22. The summed E-state index contributed by atoms with van der Waals surface area (Å²) in [6, 6.07) is 3.07. The van der Waals surface area contributed by atoms with Crippen molar-refractivity contribution in [1.29, 1.82) is 0 Å². The number of carbonyl (C=O) groups excluding carboxylic acids is 1. The van der Waals surface area contributed by atoms with Gasteiger partial charge in [0.05, 0.1) is 36.4 Å². The van der Waals surface area contributed by atoms with E-state index in [-0.39, 0.29) is 17.8 Å². The quantitative estimate of drug-likeness (QED) is 0.666. The molecule has 0 unspecified atom stereocenters. The van der Waals surface area contributed by atoms with Crippen molar-refractivity contribution in [3.63, 3.8) is 0 Å². The van der Waals surface area contributed by atoms with Crippen LogP contribution in [0.3, 0.4) is 0 Å². The Bertz CT molecular complexity index is 961. The molecule has 0 radical (unpaired) electrons. The van der Waals surface area contributed by atoms with Crippen LogP contribution < -0.4 is 5.32 Å². The number of anilines is 1. The van der Waals surface area contributed by atoms with E-state index in [4.69, 9.17) is 14.2 Å². The summed E-state index contributed by atoms with van der Waals surface area (Å²) in [7, 11) is 1.25. The lowest BCUT2D eigenvalue weighted by molar-refractivity contribution is -0.139. The van der Waals surface area contributed by atoms with Crippen molar-refractivity contribution in [2.24, 2.45) is 0 Å². The molecule has 2 aromatic rings. The van der Waals surface area contributed by atoms with Crippen molar-refractivity contribution in [2.75, 3.05) is 12.4 Å². The van der Waals surface area contributed by atoms with Crippen molar-refractivity contribution >= 4 is 11.8 Å². The Labute approximate surface area is 170 Å². The molecule has 10 heteroatoms. The van der Waals surface area contributed by atoms with Crippen molar-refractivity contribution in [3.05, 3.63) is 64.7 Å². The summed E-state index contributed by atoms with van der Waals surface area (Å²) < 4.78 is 56.2. The highest BCUT2D eigenvalue weighted by molar-refractivity contribution is 5.73. The Morgan fingerprint density at radius 2 is 1.90 bits per heavy atom. The van der Waals surface area contributed by atoms with Crippen LogP contribution in [0.25, 0.3) is 0 Å². The van der Waals surface area contributed by atoms with Gasteiger partial charge in [0.25, 0.3) is 12.7 Å². The number of halogens is 3. The molecule has 30 heavy (non-hydrogen) atoms. The maximum absolute atomic E-state index is 14.6. The fraction of sp³-hybridized carbons (Fsp3) is 0.350. The van der Waals surface area contributed by atoms with Gasteiger partial charge in [-0.25, -0.2) is 23.1 Å². The van der Waals surface area contributed by atoms with Crippen LogP contribution in [0.15, 0.2) is 30.7 Å². The van der Waals surface area contributed by atoms with Gasteiger partial charge in [0.15, 0.2) is 0 Å². The third-order valence-corrected chi connectivity index (χ3v) is 4.48. The van der Waals surface area contributed by atoms with E-state index >= 15 is 0 Å². The molecule has 0 amide bonds. The molecule has 1 aliphatic rings. The Kier molecular flexibility index (Phi) is 6.43. The van der Waals surface area contributed by atoms with Crippen molar-refractivity contribution in [1.82, 2.24) is 9.97 Å². The molecule has 1 aliphatic heterocycles. The fourth-order valence-electron chi connectivity index (χ4n) is 3.07. The molecule has 1 aromatic heterocycles. The molecule has 0 saturated heterocycles. The van der Waals surface area contributed by atoms with Gasteiger partial charge in [-0.15, -0.1) is 0 Å². The molecule has 1 N–H and O–H groups in total. The predicted molar refractivity (Wildman–Crippen MR) is 99.9 cm³/mol. The molecular formula is C20H20F3N3O4. The molecule has 1 aromatic carbocycles. The molecule has 0 saturated carbocycles. The van der Waals surface area contributed by atoms with E-state index in [9.17, 15) is 18.0 Å². The summed E-state index contributed by atoms with van der Waals surface area (Å²) in [6.07, 6.45) is -1.39. The molecule has 2 heterocycles. The number of hydrogen-bond donors (Lipinski definition) is 1. The SMILES string of the molecule is COC(=O)Cc1nc(C)nc(N[C@H](C)c2cccc(C(F)F)c2F)c1C1OC=CO1. The predicted octanol–water partition coefficient (Wildman–Crippen LogP) is 4.27. The normalized spacial score (nSPS) is 14.4. The minimum atomic E-state index is -2.94. The average molecular weight is 423 g/mol. The van der Waals surface area contributed by atoms with Gasteiger partial charge < -0.3 is 19.5 Å². The first-order valence-electron chi connectivity index (χ1n) is 9.05. The smallest absolute Gasteiger partial charge is 0.311 e. The Morgan fingerprint density at radius 1 is 1.23 bits per heavy atom. The first kappa shape index (κ1) is 21.4. The Balaban J connectivity index is 2.00. The maximum atomic E-state index is 14.6. The Morgan fingerprint density at radius 3 is 2.53 bits per heavy atom. The Hall–Kier alpha value is -3.30. The van der Waals surface area contributed by atoms with Crippen LogP contribution in [0.1, 0.15) is 53.9 Å². The van der Waals surface area contributed by atoms with E-state index < -0.39 is 36.1 Å². The first-order valence-corrected chi connectivity index (χ1v) is 9.05. The van der Waals surface area contributed by atoms with Gasteiger partial charge in [0.2, 0.25) is 0 Å². The number of hydrogen-bond acceptors (Lipinski definition) is 7. The molecular weight excluding hydrogens is 403 g/mol. The van der Waals surface area contributed by atoms with Crippen LogP contribution in [0.5, 0.6) is 0 Å². The third-order valence-electron chi connectivity index (χ3n) is 4.48. The van der Waals surface area contributed by atoms with Crippen LogP contribution in [0, 0.1) is 12.7 Å². The van der Waals surface area contributed by atoms with E-state index in [1.807, 2.05) is 0 Å². The van der Waals surface area contributed by atoms with Crippen LogP contribution in [0.2, 0.25) is 0 Å². The second-order valence-electron chi connectivity index (χ2n) is 6.53. The molecule has 160 valence electrons. The topological polar surface area (TPSA) is 82.6 Å². The zero-order valence-electron chi connectivity index (χ0n) is 16.5. The van der Waals surface area contributed by atoms with Crippen molar-refractivity contribution < 1.29 is 32.2 Å². The highest BCUT2D eigenvalue weighted by atomic mass is 19.3. The number of aromatic nitrogens is 2. The number of esters is 1. The lowest BCUT2D eigenvalue weighted by Crippen LogP contribution is -2.19. The van der Waals surface area contributed by atoms with E-state index in [0.717, 1.165) is 6.07 Å². The van der Waals surface area contributed by atoms with Crippen LogP contribution in [0.4, 0.5) is 19.0 Å². The molecule has 7 nitrogen and oxygen atoms in total. The number of alkyl halides is 2. The molecule has 0 fully saturated rings. The highest BCUT2D eigenvalue weighted by Crippen LogP contribution is 2.35. The minimum Gasteiger partial charge on any atom is -0.469 e. The third kappa shape index (κ3) is 4.47. The number of benzene rings is 1. The number of nitrogens with zero attached hydrogens (tertiary/aromatic N) is 2. The number of carbonyl (C=O) groups is 1. The van der Waals surface area contributed by atoms with E-state index in [2.05, 4.69) is 15.3 Å². The standard InChI is InChI=1S/C20H20F3N3O4/c1-10(12-5-4-6-13(17(12)21)18(22)23)24-19-16(20-29-7-8-30-20)14(9-15(27)28-3)25-11(2)26-19/h4-8,10,18,20H,9H2,1-3H3,(H,24,25,26)/t10-/m1/s1. The van der Waals surface area contributed by atoms with E-state index in [0.29, 0.717) is 17.1 Å². The highest BCUT2D eigenvalue weighted by Gasteiger charge is 2.29. The lowest BCUT2D eigenvalue weighted by atomic mass is 10.0. The van der Waals surface area contributed by atoms with Crippen LogP contribution in [-0.4, -0.2) is 23.0 Å². The molecule has 1 atom stereocenters. The van der Waals surface area contributed by atoms with Gasteiger partial charge in [-0.05, 0) is 13.8 Å². The maximum Gasteiger partial charge on any atom is 0.311 e. The monoisotopic (exact) mass is 423 g/mol. The zero-order valence-corrected chi connectivity index (χ0v) is 16.5. The van der Waals surface area contributed by atoms with Gasteiger partial charge >= 0.3 is 5.97 Å². The molecule has 3 rings (SSSR count). The minimum absolute atomic E-state index is 0.0379. The van der Waals surface area contributed by atoms with Gasteiger partial charge in [-0.3, -0.25) is 4.79 Å². The summed E-state index contributed by atoms with van der Waals surface area (Å²) in [6.45, 7) is 3.22. The van der Waals surface area contributed by atoms with Crippen LogP contribution in [-0.2, 0) is 25.4 Å². The number of rotatable bonds is 7. The van der Waals surface area contributed by atoms with Gasteiger partial charge in [-0.2, -0.15) is 0 Å². The average Bonchev–Trinajstić information content (AvgIpc) is 3.21. The number of nitrogens with one attached hydrogen (secondary N) is 1. The van der Waals surface area contributed by atoms with Gasteiger partial charge in [-0.1, -0.05) is 18.2 Å². The fourth-order valence-corrected chi connectivity index (χ4v) is 3.07. The number of aryl methyl sites for hydroxylation is 1. The van der Waals surface area contributed by atoms with E-state index in [1.165, 1.54) is 31.8 Å². The second kappa shape index (κ2) is 9.02. The molecule has 0 aliphatic carbocycles. The van der Waals surface area contributed by atoms with Crippen molar-refractivity contribution in [3.8, 4) is 0 Å². The summed E-state index contributed by atoms with van der Waals surface area (Å²) in [4.78, 5) is 20.5. The van der Waals surface area contributed by atoms with Gasteiger partial charge in [0, 0.05) is 5.56 Å². The molecule has 0 spiro atoms. The van der Waals surface area contributed by atoms with Crippen LogP contribution >= 0.6 is 0 Å². The summed E-state index contributed by atoms with van der Waals surface area (Å²) >= 11 is 0. The number of ether oxygens (including phenoxy) is 3. The number of methoxy groups -OCH3 is 1. The summed E-state index contributed by atoms with van der Waals surface area (Å²) in [5.41, 5.74) is -0.0120. The largest absolute Gasteiger partial charge is 0.469 e. The zero-order chi connectivity index (χ0) is 21.8.